The first-order chi connectivity index (χ1) is 8.72. The van der Waals surface area contributed by atoms with Gasteiger partial charge in [0, 0.05) is 18.3 Å². The topological polar surface area (TPSA) is 72.9 Å². The number of hydrogen-bond donors (Lipinski definition) is 2. The molecular weight excluding hydrogens is 228 g/mol. The van der Waals surface area contributed by atoms with Gasteiger partial charge in [-0.15, -0.1) is 0 Å². The van der Waals surface area contributed by atoms with Crippen molar-refractivity contribution in [3.63, 3.8) is 0 Å². The predicted octanol–water partition coefficient (Wildman–Crippen LogP) is 1.21. The van der Waals surface area contributed by atoms with Gasteiger partial charge in [0.25, 0.3) is 5.91 Å². The second-order valence-corrected chi connectivity index (χ2v) is 4.96. The molecule has 0 bridgehead atoms. The lowest BCUT2D eigenvalue weighted by molar-refractivity contribution is 0.0937. The normalized spacial score (nSPS) is 16.1. The second-order valence-electron chi connectivity index (χ2n) is 4.96. The first-order valence-electron chi connectivity index (χ1n) is 6.75. The van der Waals surface area contributed by atoms with Gasteiger partial charge < -0.3 is 11.1 Å². The number of aryl methyl sites for hydroxylation is 1. The van der Waals surface area contributed by atoms with Gasteiger partial charge in [-0.2, -0.15) is 5.10 Å². The molecule has 0 spiro atoms. The maximum absolute atomic E-state index is 12.1. The predicted molar refractivity (Wildman–Crippen MR) is 70.4 cm³/mol. The zero-order chi connectivity index (χ0) is 13.0. The first-order valence-corrected chi connectivity index (χ1v) is 6.75. The number of carbonyl (C=O) groups excluding carboxylic acids is 1. The third-order valence-electron chi connectivity index (χ3n) is 3.61. The van der Waals surface area contributed by atoms with E-state index in [0.717, 1.165) is 31.5 Å². The number of nitrogens with zero attached hydrogens (tertiary/aromatic N) is 2. The van der Waals surface area contributed by atoms with Crippen LogP contribution >= 0.6 is 0 Å². The summed E-state index contributed by atoms with van der Waals surface area (Å²) < 4.78 is 1.86. The van der Waals surface area contributed by atoms with Crippen LogP contribution in [0.15, 0.2) is 6.20 Å². The van der Waals surface area contributed by atoms with Crippen molar-refractivity contribution in [2.45, 2.75) is 51.6 Å². The van der Waals surface area contributed by atoms with Crippen molar-refractivity contribution in [3.8, 4) is 0 Å². The summed E-state index contributed by atoms with van der Waals surface area (Å²) in [5.74, 6) is 0.0124. The quantitative estimate of drug-likeness (QED) is 0.825. The molecule has 1 aromatic rings. The molecule has 0 saturated heterocycles. The molecule has 0 radical (unpaired) electrons. The van der Waals surface area contributed by atoms with Crippen molar-refractivity contribution in [3.05, 3.63) is 17.5 Å². The van der Waals surface area contributed by atoms with Gasteiger partial charge in [-0.25, -0.2) is 0 Å². The number of nitrogens with two attached hydrogens (primary N) is 1. The SMILES string of the molecule is Cc1c(C(=O)NC2CCCC2)cnn1CCCN. The Bertz CT molecular complexity index is 407. The zero-order valence-corrected chi connectivity index (χ0v) is 11.0. The Kier molecular flexibility index (Phi) is 4.36. The highest BCUT2D eigenvalue weighted by Gasteiger charge is 2.20. The number of nitrogens with one attached hydrogen (secondary N) is 1. The summed E-state index contributed by atoms with van der Waals surface area (Å²) in [5, 5.41) is 7.34. The minimum atomic E-state index is 0.0124. The third-order valence-corrected chi connectivity index (χ3v) is 3.61. The standard InChI is InChI=1S/C13H22N4O/c1-10-12(9-15-17(10)8-4-7-14)13(18)16-11-5-2-3-6-11/h9,11H,2-8,14H2,1H3,(H,16,18). The van der Waals surface area contributed by atoms with E-state index in [2.05, 4.69) is 10.4 Å². The van der Waals surface area contributed by atoms with E-state index in [1.807, 2.05) is 11.6 Å². The van der Waals surface area contributed by atoms with Gasteiger partial charge in [-0.1, -0.05) is 12.8 Å². The minimum absolute atomic E-state index is 0.0124. The number of amides is 1. The highest BCUT2D eigenvalue weighted by atomic mass is 16.1. The van der Waals surface area contributed by atoms with Crippen molar-refractivity contribution >= 4 is 5.91 Å². The van der Waals surface area contributed by atoms with Crippen LogP contribution in [0, 0.1) is 6.92 Å². The van der Waals surface area contributed by atoms with Gasteiger partial charge in [0.05, 0.1) is 11.8 Å². The van der Waals surface area contributed by atoms with E-state index in [1.165, 1.54) is 12.8 Å². The van der Waals surface area contributed by atoms with Crippen LogP contribution in [-0.2, 0) is 6.54 Å². The van der Waals surface area contributed by atoms with E-state index in [-0.39, 0.29) is 5.91 Å². The number of aromatic nitrogens is 2. The maximum atomic E-state index is 12.1. The van der Waals surface area contributed by atoms with Crippen LogP contribution in [0.5, 0.6) is 0 Å². The molecule has 0 atom stereocenters. The average Bonchev–Trinajstić information content (AvgIpc) is 2.97. The van der Waals surface area contributed by atoms with Gasteiger partial charge >= 0.3 is 0 Å². The summed E-state index contributed by atoms with van der Waals surface area (Å²) in [5.41, 5.74) is 7.10. The molecule has 3 N–H and O–H groups in total. The fraction of sp³-hybridized carbons (Fsp3) is 0.692. The molecule has 1 amide bonds. The number of hydrogen-bond acceptors (Lipinski definition) is 3. The molecule has 5 nitrogen and oxygen atoms in total. The molecular formula is C13H22N4O. The second kappa shape index (κ2) is 6.00. The van der Waals surface area contributed by atoms with Crippen LogP contribution in [0.1, 0.15) is 48.2 Å². The summed E-state index contributed by atoms with van der Waals surface area (Å²) in [7, 11) is 0. The molecule has 0 aliphatic heterocycles. The molecule has 1 aromatic heterocycles. The fourth-order valence-electron chi connectivity index (χ4n) is 2.47. The molecule has 5 heteroatoms. The maximum Gasteiger partial charge on any atom is 0.254 e. The average molecular weight is 250 g/mol. The Morgan fingerprint density at radius 3 is 2.94 bits per heavy atom. The van der Waals surface area contributed by atoms with Crippen LogP contribution < -0.4 is 11.1 Å². The van der Waals surface area contributed by atoms with Gasteiger partial charge in [0.15, 0.2) is 0 Å². The Morgan fingerprint density at radius 1 is 1.56 bits per heavy atom. The van der Waals surface area contributed by atoms with Crippen LogP contribution in [0.4, 0.5) is 0 Å². The summed E-state index contributed by atoms with van der Waals surface area (Å²) in [6.07, 6.45) is 7.19. The molecule has 1 aliphatic rings. The van der Waals surface area contributed by atoms with Crippen molar-refractivity contribution < 1.29 is 4.79 Å². The lowest BCUT2D eigenvalue weighted by Gasteiger charge is -2.11. The van der Waals surface area contributed by atoms with Gasteiger partial charge in [0.1, 0.15) is 0 Å². The highest BCUT2D eigenvalue weighted by Crippen LogP contribution is 2.18. The largest absolute Gasteiger partial charge is 0.349 e. The number of rotatable bonds is 5. The van der Waals surface area contributed by atoms with Gasteiger partial charge in [-0.3, -0.25) is 9.48 Å². The molecule has 100 valence electrons. The first kappa shape index (κ1) is 13.1. The minimum Gasteiger partial charge on any atom is -0.349 e. The van der Waals surface area contributed by atoms with Crippen LogP contribution in [-0.4, -0.2) is 28.3 Å². The molecule has 2 rings (SSSR count). The number of carbonyl (C=O) groups is 1. The Morgan fingerprint density at radius 2 is 2.28 bits per heavy atom. The van der Waals surface area contributed by atoms with E-state index < -0.39 is 0 Å². The van der Waals surface area contributed by atoms with Crippen molar-refractivity contribution in [2.75, 3.05) is 6.54 Å². The zero-order valence-electron chi connectivity index (χ0n) is 11.0. The van der Waals surface area contributed by atoms with E-state index in [9.17, 15) is 4.79 Å². The summed E-state index contributed by atoms with van der Waals surface area (Å²) in [6, 6.07) is 0.351. The smallest absolute Gasteiger partial charge is 0.254 e. The van der Waals surface area contributed by atoms with E-state index in [0.29, 0.717) is 18.2 Å². The Hall–Kier alpha value is -1.36. The van der Waals surface area contributed by atoms with E-state index >= 15 is 0 Å². The van der Waals surface area contributed by atoms with Crippen LogP contribution in [0.3, 0.4) is 0 Å². The van der Waals surface area contributed by atoms with Crippen LogP contribution in [0.25, 0.3) is 0 Å². The van der Waals surface area contributed by atoms with Crippen molar-refractivity contribution in [1.82, 2.24) is 15.1 Å². The highest BCUT2D eigenvalue weighted by molar-refractivity contribution is 5.95. The van der Waals surface area contributed by atoms with Crippen molar-refractivity contribution in [2.24, 2.45) is 5.73 Å². The third kappa shape index (κ3) is 2.90. The van der Waals surface area contributed by atoms with Gasteiger partial charge in [-0.05, 0) is 32.7 Å². The lowest BCUT2D eigenvalue weighted by atomic mass is 10.2. The Balaban J connectivity index is 1.98. The van der Waals surface area contributed by atoms with E-state index in [1.54, 1.807) is 6.20 Å². The molecule has 1 heterocycles. The molecule has 0 unspecified atom stereocenters. The molecule has 0 aromatic carbocycles. The molecule has 1 fully saturated rings. The lowest BCUT2D eigenvalue weighted by Crippen LogP contribution is -2.32. The van der Waals surface area contributed by atoms with Gasteiger partial charge in [0.2, 0.25) is 0 Å². The Labute approximate surface area is 108 Å². The van der Waals surface area contributed by atoms with Crippen molar-refractivity contribution in [1.29, 1.82) is 0 Å². The fourth-order valence-corrected chi connectivity index (χ4v) is 2.47. The molecule has 1 saturated carbocycles. The monoisotopic (exact) mass is 250 g/mol. The summed E-state index contributed by atoms with van der Waals surface area (Å²) >= 11 is 0. The summed E-state index contributed by atoms with van der Waals surface area (Å²) in [4.78, 5) is 12.1. The molecule has 1 aliphatic carbocycles. The molecule has 18 heavy (non-hydrogen) atoms. The van der Waals surface area contributed by atoms with E-state index in [4.69, 9.17) is 5.73 Å². The van der Waals surface area contributed by atoms with Crippen LogP contribution in [0.2, 0.25) is 0 Å². The summed E-state index contributed by atoms with van der Waals surface area (Å²) in [6.45, 7) is 3.36.